The number of hydrogen-bond donors (Lipinski definition) is 0. The third-order valence-corrected chi connectivity index (χ3v) is 1.35. The minimum Gasteiger partial charge on any atom is -0.285 e. The van der Waals surface area contributed by atoms with Crippen molar-refractivity contribution in [1.82, 2.24) is 24.5 Å². The van der Waals surface area contributed by atoms with Crippen molar-refractivity contribution in [3.05, 3.63) is 25.0 Å². The molecule has 0 radical (unpaired) electrons. The molecule has 0 aliphatic rings. The van der Waals surface area contributed by atoms with Gasteiger partial charge in [0, 0.05) is 13.2 Å². The maximum atomic E-state index is 7.35. The highest BCUT2D eigenvalue weighted by Crippen LogP contribution is 2.01. The standard InChI is InChI=1S/C6H7N5/c1-10-3-6(2-9-10)11-4-7-8-5-11/h2-5H,1H3/i4D. The van der Waals surface area contributed by atoms with Gasteiger partial charge >= 0.3 is 0 Å². The first kappa shape index (κ1) is 5.06. The second kappa shape index (κ2) is 2.19. The Labute approximate surface area is 64.7 Å². The smallest absolute Gasteiger partial charge is 0.124 e. The van der Waals surface area contributed by atoms with Crippen LogP contribution in [0, 0.1) is 0 Å². The second-order valence-corrected chi connectivity index (χ2v) is 2.17. The Hall–Kier alpha value is -1.65. The quantitative estimate of drug-likeness (QED) is 0.575. The predicted molar refractivity (Wildman–Crippen MR) is 38.1 cm³/mol. The molecule has 5 heteroatoms. The van der Waals surface area contributed by atoms with E-state index in [1.165, 1.54) is 6.33 Å². The fourth-order valence-electron chi connectivity index (χ4n) is 0.834. The molecular weight excluding hydrogens is 142 g/mol. The molecule has 2 heterocycles. The predicted octanol–water partition coefficient (Wildman–Crippen LogP) is 0.000800. The average Bonchev–Trinajstić information content (AvgIpc) is 2.58. The van der Waals surface area contributed by atoms with Crippen LogP contribution < -0.4 is 0 Å². The van der Waals surface area contributed by atoms with E-state index in [9.17, 15) is 0 Å². The van der Waals surface area contributed by atoms with Crippen molar-refractivity contribution < 1.29 is 1.37 Å². The van der Waals surface area contributed by atoms with Crippen LogP contribution in [0.15, 0.2) is 25.0 Å². The van der Waals surface area contributed by atoms with Crippen molar-refractivity contribution in [2.24, 2.45) is 7.05 Å². The molecule has 2 aromatic rings. The lowest BCUT2D eigenvalue weighted by Gasteiger charge is -1.90. The monoisotopic (exact) mass is 150 g/mol. The summed E-state index contributed by atoms with van der Waals surface area (Å²) in [4.78, 5) is 0. The number of nitrogens with zero attached hydrogens (tertiary/aromatic N) is 5. The van der Waals surface area contributed by atoms with Crippen LogP contribution in [0.5, 0.6) is 0 Å². The first-order chi connectivity index (χ1) is 5.77. The summed E-state index contributed by atoms with van der Waals surface area (Å²) >= 11 is 0. The van der Waals surface area contributed by atoms with Gasteiger partial charge in [0.2, 0.25) is 0 Å². The largest absolute Gasteiger partial charge is 0.285 e. The molecule has 0 aliphatic heterocycles. The Morgan fingerprint density at radius 2 is 2.45 bits per heavy atom. The summed E-state index contributed by atoms with van der Waals surface area (Å²) in [6, 6.07) is 0. The van der Waals surface area contributed by atoms with E-state index in [1.54, 1.807) is 21.6 Å². The molecule has 0 saturated heterocycles. The maximum absolute atomic E-state index is 7.35. The molecule has 0 atom stereocenters. The van der Waals surface area contributed by atoms with Gasteiger partial charge in [0.25, 0.3) is 0 Å². The lowest BCUT2D eigenvalue weighted by atomic mass is 10.6. The number of hydrogen-bond acceptors (Lipinski definition) is 3. The Morgan fingerprint density at radius 3 is 3.00 bits per heavy atom. The van der Waals surface area contributed by atoms with Crippen LogP contribution in [-0.4, -0.2) is 24.5 Å². The van der Waals surface area contributed by atoms with Gasteiger partial charge in [0.15, 0.2) is 0 Å². The summed E-state index contributed by atoms with van der Waals surface area (Å²) in [5, 5.41) is 11.1. The molecule has 0 aliphatic carbocycles. The third kappa shape index (κ3) is 1.000. The SMILES string of the molecule is [2H]c1nncn1-c1cnn(C)c1. The maximum Gasteiger partial charge on any atom is 0.124 e. The van der Waals surface area contributed by atoms with E-state index in [0.717, 1.165) is 5.69 Å². The van der Waals surface area contributed by atoms with Gasteiger partial charge in [0.05, 0.1) is 11.9 Å². The fourth-order valence-corrected chi connectivity index (χ4v) is 0.834. The molecule has 2 rings (SSSR count). The molecule has 0 spiro atoms. The van der Waals surface area contributed by atoms with Crippen LogP contribution in [0.3, 0.4) is 0 Å². The molecule has 0 bridgehead atoms. The molecule has 0 aromatic carbocycles. The van der Waals surface area contributed by atoms with Gasteiger partial charge in [0.1, 0.15) is 14.0 Å². The third-order valence-electron chi connectivity index (χ3n) is 1.35. The highest BCUT2D eigenvalue weighted by molar-refractivity contribution is 5.23. The summed E-state index contributed by atoms with van der Waals surface area (Å²) in [7, 11) is 1.82. The summed E-state index contributed by atoms with van der Waals surface area (Å²) in [6.07, 6.45) is 5.05. The van der Waals surface area contributed by atoms with Crippen molar-refractivity contribution in [2.45, 2.75) is 0 Å². The van der Waals surface area contributed by atoms with Gasteiger partial charge in [-0.2, -0.15) is 5.10 Å². The van der Waals surface area contributed by atoms with Gasteiger partial charge in [-0.15, -0.1) is 10.2 Å². The van der Waals surface area contributed by atoms with Crippen LogP contribution in [0.4, 0.5) is 0 Å². The average molecular weight is 150 g/mol. The fraction of sp³-hybridized carbons (Fsp3) is 0.167. The summed E-state index contributed by atoms with van der Waals surface area (Å²) in [5.74, 6) is 0. The minimum absolute atomic E-state index is 0.114. The van der Waals surface area contributed by atoms with Crippen LogP contribution in [0.2, 0.25) is 0 Å². The molecule has 2 aromatic heterocycles. The number of aryl methyl sites for hydroxylation is 1. The lowest BCUT2D eigenvalue weighted by molar-refractivity contribution is 0.767. The van der Waals surface area contributed by atoms with Gasteiger partial charge in [-0.1, -0.05) is 0 Å². The van der Waals surface area contributed by atoms with Crippen molar-refractivity contribution >= 4 is 0 Å². The zero-order valence-electron chi connectivity index (χ0n) is 6.97. The first-order valence-electron chi connectivity index (χ1n) is 3.63. The molecule has 56 valence electrons. The Balaban J connectivity index is 2.50. The normalized spacial score (nSPS) is 11.5. The topological polar surface area (TPSA) is 48.5 Å². The van der Waals surface area contributed by atoms with Gasteiger partial charge < -0.3 is 0 Å². The second-order valence-electron chi connectivity index (χ2n) is 2.17. The zero-order chi connectivity index (χ0) is 8.55. The van der Waals surface area contributed by atoms with Gasteiger partial charge in [-0.3, -0.25) is 9.25 Å². The van der Waals surface area contributed by atoms with Crippen molar-refractivity contribution in [3.63, 3.8) is 0 Å². The van der Waals surface area contributed by atoms with E-state index >= 15 is 0 Å². The highest BCUT2D eigenvalue weighted by atomic mass is 15.3. The molecule has 5 nitrogen and oxygen atoms in total. The molecule has 0 unspecified atom stereocenters. The van der Waals surface area contributed by atoms with Crippen molar-refractivity contribution in [1.29, 1.82) is 0 Å². The van der Waals surface area contributed by atoms with E-state index < -0.39 is 0 Å². The first-order valence-corrected chi connectivity index (χ1v) is 3.13. The molecule has 0 saturated carbocycles. The lowest BCUT2D eigenvalue weighted by Crippen LogP contribution is -1.87. The van der Waals surface area contributed by atoms with Gasteiger partial charge in [-0.05, 0) is 0 Å². The number of aromatic nitrogens is 5. The van der Waals surface area contributed by atoms with Crippen molar-refractivity contribution in [2.75, 3.05) is 0 Å². The van der Waals surface area contributed by atoms with Crippen LogP contribution in [0.25, 0.3) is 5.69 Å². The number of rotatable bonds is 1. The van der Waals surface area contributed by atoms with E-state index in [1.807, 2.05) is 7.05 Å². The van der Waals surface area contributed by atoms with Crippen LogP contribution in [0.1, 0.15) is 1.37 Å². The van der Waals surface area contributed by atoms with E-state index in [-0.39, 0.29) is 6.30 Å². The summed E-state index contributed by atoms with van der Waals surface area (Å²) in [5.41, 5.74) is 0.799. The molecule has 11 heavy (non-hydrogen) atoms. The molecule has 0 amide bonds. The van der Waals surface area contributed by atoms with Crippen molar-refractivity contribution in [3.8, 4) is 5.69 Å². The van der Waals surface area contributed by atoms with Crippen LogP contribution in [-0.2, 0) is 7.05 Å². The van der Waals surface area contributed by atoms with E-state index in [0.29, 0.717) is 0 Å². The Morgan fingerprint density at radius 1 is 1.55 bits per heavy atom. The molecule has 0 fully saturated rings. The Kier molecular flexibility index (Phi) is 1.01. The van der Waals surface area contributed by atoms with Gasteiger partial charge in [-0.25, -0.2) is 0 Å². The van der Waals surface area contributed by atoms with E-state index in [4.69, 9.17) is 1.37 Å². The van der Waals surface area contributed by atoms with Crippen LogP contribution >= 0.6 is 0 Å². The van der Waals surface area contributed by atoms with E-state index in [2.05, 4.69) is 15.3 Å². The summed E-state index contributed by atoms with van der Waals surface area (Å²) in [6.45, 7) is 0. The molecular formula is C6H7N5. The minimum atomic E-state index is 0.114. The zero-order valence-corrected chi connectivity index (χ0v) is 5.97. The highest BCUT2D eigenvalue weighted by Gasteiger charge is 1.96. The Bertz CT molecular complexity index is 390. The molecule has 0 N–H and O–H groups in total. The summed E-state index contributed by atoms with van der Waals surface area (Å²) < 4.78 is 10.6.